The van der Waals surface area contributed by atoms with Crippen LogP contribution >= 0.6 is 0 Å². The van der Waals surface area contributed by atoms with Gasteiger partial charge in [0.05, 0.1) is 5.92 Å². The zero-order valence-corrected chi connectivity index (χ0v) is 18.5. The van der Waals surface area contributed by atoms with Crippen molar-refractivity contribution in [3.63, 3.8) is 0 Å². The van der Waals surface area contributed by atoms with E-state index in [-0.39, 0.29) is 30.1 Å². The molecule has 3 rings (SSSR count). The Morgan fingerprint density at radius 2 is 1.61 bits per heavy atom. The minimum atomic E-state index is -0.332. The Balaban J connectivity index is 1.54. The van der Waals surface area contributed by atoms with E-state index >= 15 is 0 Å². The summed E-state index contributed by atoms with van der Waals surface area (Å²) in [6.07, 6.45) is 2.22. The Kier molecular flexibility index (Phi) is 7.45. The molecule has 1 aliphatic heterocycles. The number of amides is 3. The van der Waals surface area contributed by atoms with Crippen LogP contribution in [0.5, 0.6) is 0 Å². The van der Waals surface area contributed by atoms with E-state index in [0.717, 1.165) is 18.5 Å². The predicted octanol–water partition coefficient (Wildman–Crippen LogP) is 4.65. The van der Waals surface area contributed by atoms with E-state index in [4.69, 9.17) is 0 Å². The highest BCUT2D eigenvalue weighted by Gasteiger charge is 2.33. The van der Waals surface area contributed by atoms with Crippen LogP contribution in [0.15, 0.2) is 48.5 Å². The lowest BCUT2D eigenvalue weighted by Crippen LogP contribution is -2.29. The molecule has 0 spiro atoms. The van der Waals surface area contributed by atoms with Gasteiger partial charge in [0.15, 0.2) is 0 Å². The van der Waals surface area contributed by atoms with Gasteiger partial charge in [0.25, 0.3) is 5.91 Å². The summed E-state index contributed by atoms with van der Waals surface area (Å²) in [5.41, 5.74) is 3.08. The number of benzene rings is 2. The highest BCUT2D eigenvalue weighted by Crippen LogP contribution is 2.21. The SMILES string of the molecule is CCCCN1C[C@@H](C(=O)Nc2ccc(C(=O)Nc3ccc(C(C)C)cc3)cc2)CC1=O. The maximum absolute atomic E-state index is 12.5. The van der Waals surface area contributed by atoms with E-state index in [1.54, 1.807) is 29.2 Å². The number of nitrogens with zero attached hydrogens (tertiary/aromatic N) is 1. The van der Waals surface area contributed by atoms with Crippen molar-refractivity contribution in [1.29, 1.82) is 0 Å². The minimum absolute atomic E-state index is 0.0436. The molecule has 1 heterocycles. The van der Waals surface area contributed by atoms with Crippen LogP contribution in [-0.4, -0.2) is 35.7 Å². The fourth-order valence-corrected chi connectivity index (χ4v) is 3.62. The van der Waals surface area contributed by atoms with Gasteiger partial charge < -0.3 is 15.5 Å². The molecule has 31 heavy (non-hydrogen) atoms. The molecule has 0 saturated carbocycles. The van der Waals surface area contributed by atoms with Gasteiger partial charge in [-0.05, 0) is 54.3 Å². The number of likely N-dealkylation sites (tertiary alicyclic amines) is 1. The van der Waals surface area contributed by atoms with Crippen molar-refractivity contribution < 1.29 is 14.4 Å². The molecule has 1 atom stereocenters. The lowest BCUT2D eigenvalue weighted by atomic mass is 10.0. The van der Waals surface area contributed by atoms with E-state index in [2.05, 4.69) is 31.4 Å². The summed E-state index contributed by atoms with van der Waals surface area (Å²) in [4.78, 5) is 38.9. The van der Waals surface area contributed by atoms with Gasteiger partial charge in [0, 0.05) is 36.4 Å². The van der Waals surface area contributed by atoms with Crippen LogP contribution in [0.4, 0.5) is 11.4 Å². The Morgan fingerprint density at radius 3 is 2.23 bits per heavy atom. The van der Waals surface area contributed by atoms with E-state index < -0.39 is 0 Å². The number of hydrogen-bond acceptors (Lipinski definition) is 3. The third kappa shape index (κ3) is 5.94. The van der Waals surface area contributed by atoms with Crippen LogP contribution in [0.25, 0.3) is 0 Å². The summed E-state index contributed by atoms with van der Waals surface area (Å²) in [5, 5.41) is 5.75. The van der Waals surface area contributed by atoms with Crippen molar-refractivity contribution in [3.05, 3.63) is 59.7 Å². The molecule has 0 aromatic heterocycles. The molecule has 0 aliphatic carbocycles. The zero-order valence-electron chi connectivity index (χ0n) is 18.5. The van der Waals surface area contributed by atoms with Crippen molar-refractivity contribution in [3.8, 4) is 0 Å². The molecule has 2 N–H and O–H groups in total. The first-order chi connectivity index (χ1) is 14.9. The summed E-state index contributed by atoms with van der Waals surface area (Å²) in [6.45, 7) is 7.52. The third-order valence-electron chi connectivity index (χ3n) is 5.62. The molecule has 1 aliphatic rings. The van der Waals surface area contributed by atoms with Crippen molar-refractivity contribution in [2.45, 2.75) is 46.0 Å². The fraction of sp³-hybridized carbons (Fsp3) is 0.400. The van der Waals surface area contributed by atoms with E-state index in [0.29, 0.717) is 30.3 Å². The number of nitrogens with one attached hydrogen (secondary N) is 2. The molecule has 6 heteroatoms. The summed E-state index contributed by atoms with van der Waals surface area (Å²) in [6, 6.07) is 14.6. The van der Waals surface area contributed by atoms with Crippen molar-refractivity contribution in [2.24, 2.45) is 5.92 Å². The zero-order chi connectivity index (χ0) is 22.4. The summed E-state index contributed by atoms with van der Waals surface area (Å²) in [7, 11) is 0. The Labute approximate surface area is 184 Å². The topological polar surface area (TPSA) is 78.5 Å². The molecule has 6 nitrogen and oxygen atoms in total. The second kappa shape index (κ2) is 10.2. The molecule has 164 valence electrons. The second-order valence-electron chi connectivity index (χ2n) is 8.39. The average molecular weight is 422 g/mol. The number of hydrogen-bond donors (Lipinski definition) is 2. The number of carbonyl (C=O) groups excluding carboxylic acids is 3. The number of rotatable bonds is 8. The molecule has 0 bridgehead atoms. The molecule has 2 aromatic carbocycles. The lowest BCUT2D eigenvalue weighted by Gasteiger charge is -2.16. The summed E-state index contributed by atoms with van der Waals surface area (Å²) < 4.78 is 0. The van der Waals surface area contributed by atoms with Crippen LogP contribution in [-0.2, 0) is 9.59 Å². The van der Waals surface area contributed by atoms with Crippen LogP contribution < -0.4 is 10.6 Å². The third-order valence-corrected chi connectivity index (χ3v) is 5.62. The first kappa shape index (κ1) is 22.5. The first-order valence-corrected chi connectivity index (χ1v) is 11.0. The van der Waals surface area contributed by atoms with Gasteiger partial charge in [-0.3, -0.25) is 14.4 Å². The molecular formula is C25H31N3O3. The van der Waals surface area contributed by atoms with Gasteiger partial charge in [-0.25, -0.2) is 0 Å². The second-order valence-corrected chi connectivity index (χ2v) is 8.39. The van der Waals surface area contributed by atoms with Gasteiger partial charge in [0.1, 0.15) is 0 Å². The van der Waals surface area contributed by atoms with E-state index in [9.17, 15) is 14.4 Å². The largest absolute Gasteiger partial charge is 0.342 e. The van der Waals surface area contributed by atoms with Crippen molar-refractivity contribution in [1.82, 2.24) is 4.90 Å². The minimum Gasteiger partial charge on any atom is -0.342 e. The van der Waals surface area contributed by atoms with Crippen LogP contribution in [0.3, 0.4) is 0 Å². The highest BCUT2D eigenvalue weighted by molar-refractivity contribution is 6.04. The molecule has 0 unspecified atom stereocenters. The maximum atomic E-state index is 12.5. The first-order valence-electron chi connectivity index (χ1n) is 11.0. The van der Waals surface area contributed by atoms with E-state index in [1.165, 1.54) is 5.56 Å². The quantitative estimate of drug-likeness (QED) is 0.651. The van der Waals surface area contributed by atoms with Gasteiger partial charge in [-0.15, -0.1) is 0 Å². The Morgan fingerprint density at radius 1 is 1.00 bits per heavy atom. The monoisotopic (exact) mass is 421 g/mol. The number of anilines is 2. The number of carbonyl (C=O) groups is 3. The highest BCUT2D eigenvalue weighted by atomic mass is 16.2. The molecule has 2 aromatic rings. The fourth-order valence-electron chi connectivity index (χ4n) is 3.62. The van der Waals surface area contributed by atoms with Crippen LogP contribution in [0.2, 0.25) is 0 Å². The van der Waals surface area contributed by atoms with Crippen LogP contribution in [0, 0.1) is 5.92 Å². The predicted molar refractivity (Wildman–Crippen MR) is 123 cm³/mol. The molecule has 1 saturated heterocycles. The van der Waals surface area contributed by atoms with E-state index in [1.807, 2.05) is 24.3 Å². The van der Waals surface area contributed by atoms with Crippen molar-refractivity contribution in [2.75, 3.05) is 23.7 Å². The smallest absolute Gasteiger partial charge is 0.255 e. The van der Waals surface area contributed by atoms with Gasteiger partial charge in [0.2, 0.25) is 11.8 Å². The molecule has 3 amide bonds. The normalized spacial score (nSPS) is 15.9. The Hall–Kier alpha value is -3.15. The summed E-state index contributed by atoms with van der Waals surface area (Å²) in [5.74, 6) is -0.213. The van der Waals surface area contributed by atoms with Gasteiger partial charge >= 0.3 is 0 Å². The molecular weight excluding hydrogens is 390 g/mol. The van der Waals surface area contributed by atoms with Gasteiger partial charge in [-0.2, -0.15) is 0 Å². The molecule has 1 fully saturated rings. The lowest BCUT2D eigenvalue weighted by molar-refractivity contribution is -0.128. The molecule has 0 radical (unpaired) electrons. The standard InChI is InChI=1S/C25H31N3O3/c1-4-5-14-28-16-20(15-23(28)29)25(31)27-22-12-8-19(9-13-22)24(30)26-21-10-6-18(7-11-21)17(2)3/h6-13,17,20H,4-5,14-16H2,1-3H3,(H,26,30)(H,27,31)/t20-/m0/s1. The maximum Gasteiger partial charge on any atom is 0.255 e. The Bertz CT molecular complexity index is 920. The summed E-state index contributed by atoms with van der Waals surface area (Å²) >= 11 is 0. The van der Waals surface area contributed by atoms with Crippen LogP contribution in [0.1, 0.15) is 61.9 Å². The van der Waals surface area contributed by atoms with Crippen molar-refractivity contribution >= 4 is 29.1 Å². The number of unbranched alkanes of at least 4 members (excludes halogenated alkanes) is 1. The van der Waals surface area contributed by atoms with Gasteiger partial charge in [-0.1, -0.05) is 39.3 Å². The average Bonchev–Trinajstić information content (AvgIpc) is 3.13.